The summed E-state index contributed by atoms with van der Waals surface area (Å²) < 4.78 is 61.9. The highest BCUT2D eigenvalue weighted by Gasteiger charge is 2.37. The molecule has 0 aliphatic rings. The van der Waals surface area contributed by atoms with Gasteiger partial charge in [0, 0.05) is 12.1 Å². The number of benzene rings is 2. The quantitative estimate of drug-likeness (QED) is 0.311. The van der Waals surface area contributed by atoms with Gasteiger partial charge < -0.3 is 14.2 Å². The van der Waals surface area contributed by atoms with Gasteiger partial charge in [-0.3, -0.25) is 4.90 Å². The molecule has 0 heterocycles. The van der Waals surface area contributed by atoms with Crippen LogP contribution in [0, 0.1) is 20.8 Å². The standard InChI is InChI=1S/C30H48N2O5S/c1-12-30(9,24(8)25-16-18-27(36-14-3)29(23(25)7)38(33,34)31-10)32(11)19-21(5)37-28-22(6)20(4)15-17-26(28)35-13-2/h15-18,21,24,31H,12-14,19H2,1-11H3/t21?,24?,30-/m1/s1/i14D2. The molecule has 0 aromatic heterocycles. The Bertz CT molecular complexity index is 1280. The van der Waals surface area contributed by atoms with Crippen molar-refractivity contribution in [3.8, 4) is 17.2 Å². The fourth-order valence-electron chi connectivity index (χ4n) is 5.03. The molecule has 0 aliphatic carbocycles. The van der Waals surface area contributed by atoms with Crippen molar-refractivity contribution in [1.29, 1.82) is 0 Å². The number of sulfonamides is 1. The first kappa shape index (κ1) is 28.7. The van der Waals surface area contributed by atoms with Gasteiger partial charge in [-0.15, -0.1) is 0 Å². The first-order valence-electron chi connectivity index (χ1n) is 14.3. The predicted octanol–water partition coefficient (Wildman–Crippen LogP) is 5.99. The van der Waals surface area contributed by atoms with Crippen molar-refractivity contribution in [2.45, 2.75) is 91.2 Å². The molecular formula is C30H48N2O5S. The van der Waals surface area contributed by atoms with Crippen molar-refractivity contribution in [2.24, 2.45) is 0 Å². The van der Waals surface area contributed by atoms with Gasteiger partial charge in [-0.2, -0.15) is 0 Å². The molecule has 8 heteroatoms. The minimum Gasteiger partial charge on any atom is -0.492 e. The van der Waals surface area contributed by atoms with E-state index in [0.717, 1.165) is 34.6 Å². The van der Waals surface area contributed by atoms with Crippen molar-refractivity contribution in [3.05, 3.63) is 46.5 Å². The van der Waals surface area contributed by atoms with Crippen molar-refractivity contribution < 1.29 is 25.4 Å². The first-order valence-corrected chi connectivity index (χ1v) is 14.8. The minimum atomic E-state index is -3.92. The van der Waals surface area contributed by atoms with Crippen LogP contribution in [-0.2, 0) is 10.0 Å². The molecule has 1 N–H and O–H groups in total. The minimum absolute atomic E-state index is 0.0116. The van der Waals surface area contributed by atoms with Crippen LogP contribution >= 0.6 is 0 Å². The highest BCUT2D eigenvalue weighted by Crippen LogP contribution is 2.41. The number of hydrogen-bond donors (Lipinski definition) is 1. The van der Waals surface area contributed by atoms with Crippen LogP contribution in [0.3, 0.4) is 0 Å². The molecule has 3 atom stereocenters. The topological polar surface area (TPSA) is 77.1 Å². The molecule has 214 valence electrons. The van der Waals surface area contributed by atoms with Crippen molar-refractivity contribution in [2.75, 3.05) is 33.8 Å². The Labute approximate surface area is 233 Å². The zero-order chi connectivity index (χ0) is 30.6. The first-order chi connectivity index (χ1) is 18.4. The fraction of sp³-hybridized carbons (Fsp3) is 0.600. The van der Waals surface area contributed by atoms with E-state index >= 15 is 0 Å². The van der Waals surface area contributed by atoms with Crippen molar-refractivity contribution in [3.63, 3.8) is 0 Å². The SMILES string of the molecule is [2H]C([2H])(C)Oc1ccc(C(C)[C@@](C)(CC)N(C)CC(C)Oc2c(OCC)ccc(C)c2C)c(C)c1S(=O)(=O)NC. The van der Waals surface area contributed by atoms with E-state index < -0.39 is 16.6 Å². The van der Waals surface area contributed by atoms with Gasteiger partial charge in [0.15, 0.2) is 11.5 Å². The van der Waals surface area contributed by atoms with Crippen molar-refractivity contribution >= 4 is 10.0 Å². The fourth-order valence-corrected chi connectivity index (χ4v) is 6.13. The predicted molar refractivity (Wildman–Crippen MR) is 156 cm³/mol. The molecule has 7 nitrogen and oxygen atoms in total. The van der Waals surface area contributed by atoms with E-state index in [1.807, 2.05) is 39.0 Å². The Morgan fingerprint density at radius 3 is 2.21 bits per heavy atom. The Balaban J connectivity index is 2.44. The van der Waals surface area contributed by atoms with E-state index in [9.17, 15) is 8.42 Å². The second kappa shape index (κ2) is 13.2. The average Bonchev–Trinajstić information content (AvgIpc) is 2.86. The number of nitrogens with one attached hydrogen (secondary N) is 1. The summed E-state index contributed by atoms with van der Waals surface area (Å²) in [5.74, 6) is 1.41. The van der Waals surface area contributed by atoms with E-state index in [0.29, 0.717) is 18.7 Å². The van der Waals surface area contributed by atoms with Crippen LogP contribution in [0.5, 0.6) is 17.2 Å². The van der Waals surface area contributed by atoms with E-state index in [4.69, 9.17) is 17.0 Å². The largest absolute Gasteiger partial charge is 0.492 e. The van der Waals surface area contributed by atoms with Gasteiger partial charge in [-0.1, -0.05) is 26.0 Å². The van der Waals surface area contributed by atoms with E-state index in [1.54, 1.807) is 13.0 Å². The maximum atomic E-state index is 13.1. The normalized spacial score (nSPS) is 16.3. The van der Waals surface area contributed by atoms with Crippen LogP contribution in [0.25, 0.3) is 0 Å². The Morgan fingerprint density at radius 1 is 1.03 bits per heavy atom. The van der Waals surface area contributed by atoms with Gasteiger partial charge in [-0.25, -0.2) is 13.1 Å². The number of nitrogens with zero attached hydrogens (tertiary/aromatic N) is 1. The molecular weight excluding hydrogens is 500 g/mol. The number of likely N-dealkylation sites (N-methyl/N-ethyl adjacent to an activating group) is 1. The van der Waals surface area contributed by atoms with Crippen LogP contribution in [-0.4, -0.2) is 58.8 Å². The molecule has 2 aromatic carbocycles. The van der Waals surface area contributed by atoms with Gasteiger partial charge in [0.05, 0.1) is 15.9 Å². The highest BCUT2D eigenvalue weighted by atomic mass is 32.2. The maximum Gasteiger partial charge on any atom is 0.244 e. The molecule has 0 fully saturated rings. The lowest BCUT2D eigenvalue weighted by Gasteiger charge is -2.45. The summed E-state index contributed by atoms with van der Waals surface area (Å²) in [6.45, 7) is 16.6. The third kappa shape index (κ3) is 6.64. The van der Waals surface area contributed by atoms with Crippen LogP contribution < -0.4 is 18.9 Å². The summed E-state index contributed by atoms with van der Waals surface area (Å²) in [6, 6.07) is 7.40. The maximum absolute atomic E-state index is 13.1. The molecule has 38 heavy (non-hydrogen) atoms. The van der Waals surface area contributed by atoms with Gasteiger partial charge in [-0.05, 0) is 109 Å². The molecule has 0 bridgehead atoms. The monoisotopic (exact) mass is 550 g/mol. The average molecular weight is 551 g/mol. The molecule has 0 saturated carbocycles. The van der Waals surface area contributed by atoms with Gasteiger partial charge in [0.1, 0.15) is 16.7 Å². The summed E-state index contributed by atoms with van der Waals surface area (Å²) in [5.41, 5.74) is 3.24. The lowest BCUT2D eigenvalue weighted by Crippen LogP contribution is -2.50. The van der Waals surface area contributed by atoms with E-state index in [-0.39, 0.29) is 28.2 Å². The number of aryl methyl sites for hydroxylation is 1. The molecule has 0 amide bonds. The van der Waals surface area contributed by atoms with Crippen LogP contribution in [0.4, 0.5) is 0 Å². The molecule has 0 radical (unpaired) electrons. The zero-order valence-corrected chi connectivity index (χ0v) is 25.8. The van der Waals surface area contributed by atoms with Gasteiger partial charge >= 0.3 is 0 Å². The third-order valence-corrected chi connectivity index (χ3v) is 9.52. The zero-order valence-electron chi connectivity index (χ0n) is 27.0. The van der Waals surface area contributed by atoms with Gasteiger partial charge in [0.25, 0.3) is 0 Å². The summed E-state index contributed by atoms with van der Waals surface area (Å²) in [7, 11) is -0.511. The molecule has 2 aromatic rings. The Hall–Kier alpha value is -2.29. The van der Waals surface area contributed by atoms with Gasteiger partial charge in [0.2, 0.25) is 10.0 Å². The number of rotatable bonds is 14. The molecule has 2 unspecified atom stereocenters. The molecule has 0 aliphatic heterocycles. The van der Waals surface area contributed by atoms with Crippen LogP contribution in [0.2, 0.25) is 0 Å². The second-order valence-corrected chi connectivity index (χ2v) is 12.0. The summed E-state index contributed by atoms with van der Waals surface area (Å²) in [5, 5.41) is 0. The van der Waals surface area contributed by atoms with E-state index in [2.05, 4.69) is 44.4 Å². The lowest BCUT2D eigenvalue weighted by molar-refractivity contribution is 0.0610. The summed E-state index contributed by atoms with van der Waals surface area (Å²) in [6.07, 6.45) is 0.653. The number of ether oxygens (including phenoxy) is 3. The van der Waals surface area contributed by atoms with Crippen LogP contribution in [0.15, 0.2) is 29.2 Å². The highest BCUT2D eigenvalue weighted by molar-refractivity contribution is 7.89. The Kier molecular flexibility index (Phi) is 9.96. The molecule has 0 spiro atoms. The lowest BCUT2D eigenvalue weighted by atomic mass is 9.77. The Morgan fingerprint density at radius 2 is 1.66 bits per heavy atom. The second-order valence-electron chi connectivity index (χ2n) is 10.1. The summed E-state index contributed by atoms with van der Waals surface area (Å²) >= 11 is 0. The van der Waals surface area contributed by atoms with E-state index in [1.165, 1.54) is 14.0 Å². The third-order valence-electron chi connectivity index (χ3n) is 7.94. The molecule has 2 rings (SSSR count). The summed E-state index contributed by atoms with van der Waals surface area (Å²) in [4.78, 5) is 2.23. The van der Waals surface area contributed by atoms with Crippen molar-refractivity contribution in [1.82, 2.24) is 9.62 Å². The molecule has 0 saturated heterocycles. The number of hydrogen-bond acceptors (Lipinski definition) is 6. The smallest absolute Gasteiger partial charge is 0.244 e. The van der Waals surface area contributed by atoms with Crippen LogP contribution in [0.1, 0.15) is 78.9 Å².